The highest BCUT2D eigenvalue weighted by Gasteiger charge is 2.19. The monoisotopic (exact) mass is 320 g/mol. The van der Waals surface area contributed by atoms with E-state index in [1.165, 1.54) is 39.0 Å². The van der Waals surface area contributed by atoms with Gasteiger partial charge < -0.3 is 0 Å². The Morgan fingerprint density at radius 1 is 1.17 bits per heavy atom. The molecule has 0 heterocycles. The van der Waals surface area contributed by atoms with E-state index in [9.17, 15) is 0 Å². The van der Waals surface area contributed by atoms with Crippen LogP contribution < -0.4 is 0 Å². The lowest BCUT2D eigenvalue weighted by molar-refractivity contribution is 1.20. The zero-order valence-electron chi connectivity index (χ0n) is 13.7. The summed E-state index contributed by atoms with van der Waals surface area (Å²) in [6.45, 7) is 8.26. The van der Waals surface area contributed by atoms with Gasteiger partial charge in [0.05, 0.1) is 0 Å². The van der Waals surface area contributed by atoms with Crippen molar-refractivity contribution in [1.29, 1.82) is 0 Å². The normalized spacial score (nSPS) is 15.3. The van der Waals surface area contributed by atoms with E-state index in [1.807, 2.05) is 18.2 Å². The van der Waals surface area contributed by atoms with Gasteiger partial charge in [-0.2, -0.15) is 0 Å². The van der Waals surface area contributed by atoms with Crippen LogP contribution in [0, 0.1) is 6.92 Å². The summed E-state index contributed by atoms with van der Waals surface area (Å²) >= 11 is 6.48. The smallest absolute Gasteiger partial charge is 0.0447 e. The van der Waals surface area contributed by atoms with Crippen LogP contribution in [0.1, 0.15) is 41.2 Å². The molecule has 3 rings (SSSR count). The standard InChI is InChI=1S/C22H21Cl/c1-4-7-17-13-18(14-21-20(17)8-6-9-22(21)23)19-11-10-15(3)12-16(19)5-2/h5-13H,2,4,14H2,1,3H3/b17-7-. The van der Waals surface area contributed by atoms with Crippen LogP contribution in [0.4, 0.5) is 0 Å². The molecule has 1 heteroatoms. The largest absolute Gasteiger partial charge is 0.0984 e. The van der Waals surface area contributed by atoms with Crippen LogP contribution in [-0.2, 0) is 6.42 Å². The molecule has 0 atom stereocenters. The highest BCUT2D eigenvalue weighted by Crippen LogP contribution is 2.38. The van der Waals surface area contributed by atoms with Crippen LogP contribution in [0.5, 0.6) is 0 Å². The molecule has 0 nitrogen and oxygen atoms in total. The fourth-order valence-corrected chi connectivity index (χ4v) is 3.46. The van der Waals surface area contributed by atoms with Crippen molar-refractivity contribution in [2.45, 2.75) is 26.7 Å². The number of benzene rings is 2. The summed E-state index contributed by atoms with van der Waals surface area (Å²) in [7, 11) is 0. The predicted molar refractivity (Wildman–Crippen MR) is 103 cm³/mol. The molecule has 0 aliphatic heterocycles. The van der Waals surface area contributed by atoms with Crippen molar-refractivity contribution < 1.29 is 0 Å². The molecule has 1 aliphatic rings. The third-order valence-corrected chi connectivity index (χ3v) is 4.68. The van der Waals surface area contributed by atoms with Crippen molar-refractivity contribution in [3.8, 4) is 0 Å². The molecular weight excluding hydrogens is 300 g/mol. The first-order chi connectivity index (χ1) is 11.1. The van der Waals surface area contributed by atoms with Crippen LogP contribution in [0.3, 0.4) is 0 Å². The van der Waals surface area contributed by atoms with Crippen molar-refractivity contribution in [2.75, 3.05) is 0 Å². The molecule has 2 aromatic carbocycles. The number of hydrogen-bond donors (Lipinski definition) is 0. The highest BCUT2D eigenvalue weighted by atomic mass is 35.5. The fourth-order valence-electron chi connectivity index (χ4n) is 3.22. The third-order valence-electron chi connectivity index (χ3n) is 4.32. The number of hydrogen-bond acceptors (Lipinski definition) is 0. The Morgan fingerprint density at radius 3 is 2.74 bits per heavy atom. The zero-order chi connectivity index (χ0) is 16.4. The van der Waals surface area contributed by atoms with Gasteiger partial charge in [0.25, 0.3) is 0 Å². The van der Waals surface area contributed by atoms with Crippen LogP contribution in [0.2, 0.25) is 5.02 Å². The summed E-state index contributed by atoms with van der Waals surface area (Å²) in [6, 6.07) is 12.7. The van der Waals surface area contributed by atoms with E-state index in [2.05, 4.69) is 56.8 Å². The molecule has 116 valence electrons. The Kier molecular flexibility index (Phi) is 4.54. The highest BCUT2D eigenvalue weighted by molar-refractivity contribution is 6.31. The van der Waals surface area contributed by atoms with Crippen LogP contribution in [0.15, 0.2) is 55.1 Å². The zero-order valence-corrected chi connectivity index (χ0v) is 14.5. The Balaban J connectivity index is 2.17. The molecule has 0 fully saturated rings. The summed E-state index contributed by atoms with van der Waals surface area (Å²) in [5.74, 6) is 0. The van der Waals surface area contributed by atoms with Gasteiger partial charge in [-0.25, -0.2) is 0 Å². The molecule has 0 unspecified atom stereocenters. The number of halogens is 1. The molecule has 2 aromatic rings. The summed E-state index contributed by atoms with van der Waals surface area (Å²) in [4.78, 5) is 0. The van der Waals surface area contributed by atoms with E-state index in [0.29, 0.717) is 0 Å². The van der Waals surface area contributed by atoms with Gasteiger partial charge in [-0.15, -0.1) is 0 Å². The number of aryl methyl sites for hydroxylation is 1. The lowest BCUT2D eigenvalue weighted by atomic mass is 9.83. The lowest BCUT2D eigenvalue weighted by Gasteiger charge is -2.22. The van der Waals surface area contributed by atoms with Gasteiger partial charge in [-0.05, 0) is 52.8 Å². The maximum atomic E-state index is 6.48. The molecule has 0 saturated carbocycles. The van der Waals surface area contributed by atoms with Gasteiger partial charge >= 0.3 is 0 Å². The minimum absolute atomic E-state index is 0.849. The molecular formula is C22H21Cl. The summed E-state index contributed by atoms with van der Waals surface area (Å²) in [6.07, 6.45) is 8.39. The molecule has 0 amide bonds. The van der Waals surface area contributed by atoms with E-state index in [0.717, 1.165) is 17.9 Å². The van der Waals surface area contributed by atoms with Crippen molar-refractivity contribution in [1.82, 2.24) is 0 Å². The van der Waals surface area contributed by atoms with Crippen LogP contribution in [0.25, 0.3) is 17.2 Å². The van der Waals surface area contributed by atoms with E-state index in [1.54, 1.807) is 0 Å². The maximum Gasteiger partial charge on any atom is 0.0447 e. The SMILES string of the molecule is C=Cc1cc(C)ccc1C1=C/C(=C/CC)c2cccc(Cl)c2C1. The Morgan fingerprint density at radius 2 is 2.00 bits per heavy atom. The van der Waals surface area contributed by atoms with E-state index < -0.39 is 0 Å². The Labute approximate surface area is 143 Å². The van der Waals surface area contributed by atoms with Gasteiger partial charge in [0.1, 0.15) is 0 Å². The maximum absolute atomic E-state index is 6.48. The lowest BCUT2D eigenvalue weighted by Crippen LogP contribution is -2.04. The minimum atomic E-state index is 0.849. The Bertz CT molecular complexity index is 822. The first kappa shape index (κ1) is 15.8. The van der Waals surface area contributed by atoms with E-state index in [-0.39, 0.29) is 0 Å². The summed E-state index contributed by atoms with van der Waals surface area (Å²) < 4.78 is 0. The van der Waals surface area contributed by atoms with Gasteiger partial charge in [0.2, 0.25) is 0 Å². The van der Waals surface area contributed by atoms with Crippen molar-refractivity contribution in [3.05, 3.63) is 88.0 Å². The first-order valence-electron chi connectivity index (χ1n) is 8.06. The topological polar surface area (TPSA) is 0 Å². The van der Waals surface area contributed by atoms with E-state index in [4.69, 9.17) is 11.6 Å². The average molecular weight is 321 g/mol. The summed E-state index contributed by atoms with van der Waals surface area (Å²) in [5.41, 5.74) is 8.74. The first-order valence-corrected chi connectivity index (χ1v) is 8.43. The fraction of sp³-hybridized carbons (Fsp3) is 0.182. The Hall–Kier alpha value is -2.05. The number of rotatable bonds is 3. The summed E-state index contributed by atoms with van der Waals surface area (Å²) in [5, 5.41) is 0.849. The van der Waals surface area contributed by atoms with Crippen LogP contribution >= 0.6 is 11.6 Å². The molecule has 23 heavy (non-hydrogen) atoms. The van der Waals surface area contributed by atoms with Gasteiger partial charge in [-0.1, -0.05) is 79.2 Å². The molecule has 0 radical (unpaired) electrons. The minimum Gasteiger partial charge on any atom is -0.0984 e. The molecule has 0 aromatic heterocycles. The van der Waals surface area contributed by atoms with E-state index >= 15 is 0 Å². The molecule has 0 saturated heterocycles. The molecule has 0 N–H and O–H groups in total. The van der Waals surface area contributed by atoms with Crippen molar-refractivity contribution >= 4 is 28.8 Å². The molecule has 1 aliphatic carbocycles. The quantitative estimate of drug-likeness (QED) is 0.588. The second-order valence-corrected chi connectivity index (χ2v) is 6.38. The van der Waals surface area contributed by atoms with Crippen LogP contribution in [-0.4, -0.2) is 0 Å². The van der Waals surface area contributed by atoms with Gasteiger partial charge in [0.15, 0.2) is 0 Å². The third kappa shape index (κ3) is 3.04. The van der Waals surface area contributed by atoms with Gasteiger partial charge in [-0.3, -0.25) is 0 Å². The average Bonchev–Trinajstić information content (AvgIpc) is 2.55. The van der Waals surface area contributed by atoms with Gasteiger partial charge in [0, 0.05) is 11.4 Å². The van der Waals surface area contributed by atoms with Crippen molar-refractivity contribution in [3.63, 3.8) is 0 Å². The number of allylic oxidation sites excluding steroid dienone is 4. The molecule has 0 spiro atoms. The number of fused-ring (bicyclic) bond motifs is 1. The van der Waals surface area contributed by atoms with Crippen molar-refractivity contribution in [2.24, 2.45) is 0 Å². The second kappa shape index (κ2) is 6.60. The molecule has 0 bridgehead atoms. The second-order valence-electron chi connectivity index (χ2n) is 5.97. The predicted octanol–water partition coefficient (Wildman–Crippen LogP) is 6.72.